The summed E-state index contributed by atoms with van der Waals surface area (Å²) >= 11 is 1.67. The average Bonchev–Trinajstić information content (AvgIpc) is 3.01. The van der Waals surface area contributed by atoms with E-state index in [-0.39, 0.29) is 5.91 Å². The lowest BCUT2D eigenvalue weighted by molar-refractivity contribution is 0.0944. The van der Waals surface area contributed by atoms with Gasteiger partial charge in [0, 0.05) is 38.2 Å². The highest BCUT2D eigenvalue weighted by Crippen LogP contribution is 2.40. The van der Waals surface area contributed by atoms with Gasteiger partial charge >= 0.3 is 0 Å². The Morgan fingerprint density at radius 2 is 2.38 bits per heavy atom. The zero-order valence-corrected chi connectivity index (χ0v) is 14.2. The minimum atomic E-state index is -0.196. The van der Waals surface area contributed by atoms with E-state index in [1.807, 2.05) is 29.3 Å². The van der Waals surface area contributed by atoms with Crippen molar-refractivity contribution < 1.29 is 9.32 Å². The second-order valence-electron chi connectivity index (χ2n) is 6.03. The SMILES string of the molecule is Cn1cc(-c2cccs2)nc1CCNC(=O)c1cc(C2CC2)on1. The molecular weight excluding hydrogens is 324 g/mol. The van der Waals surface area contributed by atoms with E-state index in [2.05, 4.69) is 21.5 Å². The second-order valence-corrected chi connectivity index (χ2v) is 6.97. The van der Waals surface area contributed by atoms with E-state index >= 15 is 0 Å². The zero-order valence-electron chi connectivity index (χ0n) is 13.4. The van der Waals surface area contributed by atoms with Gasteiger partial charge in [0.2, 0.25) is 0 Å². The first-order valence-electron chi connectivity index (χ1n) is 8.01. The Labute approximate surface area is 143 Å². The monoisotopic (exact) mass is 342 g/mol. The summed E-state index contributed by atoms with van der Waals surface area (Å²) in [5.74, 6) is 2.03. The molecule has 7 heteroatoms. The van der Waals surface area contributed by atoms with Crippen LogP contribution in [0.15, 0.2) is 34.3 Å². The van der Waals surface area contributed by atoms with Crippen LogP contribution in [-0.2, 0) is 13.5 Å². The zero-order chi connectivity index (χ0) is 16.5. The highest BCUT2D eigenvalue weighted by atomic mass is 32.1. The molecule has 0 radical (unpaired) electrons. The highest BCUT2D eigenvalue weighted by Gasteiger charge is 2.28. The minimum absolute atomic E-state index is 0.196. The van der Waals surface area contributed by atoms with Crippen molar-refractivity contribution in [2.45, 2.75) is 25.2 Å². The van der Waals surface area contributed by atoms with Crippen molar-refractivity contribution in [1.29, 1.82) is 0 Å². The van der Waals surface area contributed by atoms with Crippen LogP contribution in [0.3, 0.4) is 0 Å². The molecule has 0 aromatic carbocycles. The molecule has 3 aromatic rings. The van der Waals surface area contributed by atoms with Crippen LogP contribution < -0.4 is 5.32 Å². The second kappa shape index (κ2) is 6.24. The van der Waals surface area contributed by atoms with Crippen molar-refractivity contribution in [3.63, 3.8) is 0 Å². The number of amides is 1. The molecule has 1 saturated carbocycles. The van der Waals surface area contributed by atoms with E-state index in [0.29, 0.717) is 24.6 Å². The van der Waals surface area contributed by atoms with Crippen LogP contribution in [0.25, 0.3) is 10.6 Å². The number of aromatic nitrogens is 3. The minimum Gasteiger partial charge on any atom is -0.360 e. The number of aryl methyl sites for hydroxylation is 1. The molecule has 6 nitrogen and oxygen atoms in total. The molecule has 0 unspecified atom stereocenters. The summed E-state index contributed by atoms with van der Waals surface area (Å²) in [6.45, 7) is 0.513. The maximum absolute atomic E-state index is 12.1. The molecule has 0 atom stereocenters. The van der Waals surface area contributed by atoms with Gasteiger partial charge in [-0.25, -0.2) is 4.98 Å². The number of nitrogens with zero attached hydrogens (tertiary/aromatic N) is 3. The molecule has 1 aliphatic carbocycles. The van der Waals surface area contributed by atoms with E-state index in [4.69, 9.17) is 4.52 Å². The summed E-state index contributed by atoms with van der Waals surface area (Å²) in [6, 6.07) is 5.83. The van der Waals surface area contributed by atoms with E-state index in [1.165, 1.54) is 0 Å². The molecule has 24 heavy (non-hydrogen) atoms. The summed E-state index contributed by atoms with van der Waals surface area (Å²) in [5, 5.41) is 8.77. The van der Waals surface area contributed by atoms with Gasteiger partial charge in [0.1, 0.15) is 11.6 Å². The summed E-state index contributed by atoms with van der Waals surface area (Å²) in [7, 11) is 1.97. The summed E-state index contributed by atoms with van der Waals surface area (Å²) < 4.78 is 7.21. The molecule has 0 bridgehead atoms. The number of thiophene rings is 1. The topological polar surface area (TPSA) is 73.0 Å². The summed E-state index contributed by atoms with van der Waals surface area (Å²) in [6.07, 6.45) is 4.94. The lowest BCUT2D eigenvalue weighted by Crippen LogP contribution is -2.26. The normalized spacial score (nSPS) is 14.0. The first kappa shape index (κ1) is 15.1. The highest BCUT2D eigenvalue weighted by molar-refractivity contribution is 7.13. The van der Waals surface area contributed by atoms with Crippen LogP contribution in [0.4, 0.5) is 0 Å². The maximum atomic E-state index is 12.1. The number of hydrogen-bond donors (Lipinski definition) is 1. The van der Waals surface area contributed by atoms with Crippen LogP contribution in [-0.4, -0.2) is 27.2 Å². The molecule has 4 rings (SSSR count). The maximum Gasteiger partial charge on any atom is 0.273 e. The molecule has 0 spiro atoms. The fourth-order valence-electron chi connectivity index (χ4n) is 2.61. The number of nitrogens with one attached hydrogen (secondary N) is 1. The Hall–Kier alpha value is -2.41. The van der Waals surface area contributed by atoms with Crippen LogP contribution in [0, 0.1) is 0 Å². The summed E-state index contributed by atoms with van der Waals surface area (Å²) in [4.78, 5) is 17.9. The van der Waals surface area contributed by atoms with Gasteiger partial charge in [-0.15, -0.1) is 11.3 Å². The third-order valence-corrected chi connectivity index (χ3v) is 5.01. The lowest BCUT2D eigenvalue weighted by Gasteiger charge is -2.03. The van der Waals surface area contributed by atoms with Gasteiger partial charge in [-0.3, -0.25) is 4.79 Å². The average molecular weight is 342 g/mol. The van der Waals surface area contributed by atoms with Crippen molar-refractivity contribution >= 4 is 17.2 Å². The van der Waals surface area contributed by atoms with E-state index in [9.17, 15) is 4.79 Å². The molecule has 1 amide bonds. The number of carbonyl (C=O) groups excluding carboxylic acids is 1. The third-order valence-electron chi connectivity index (χ3n) is 4.12. The fourth-order valence-corrected chi connectivity index (χ4v) is 3.29. The van der Waals surface area contributed by atoms with Crippen molar-refractivity contribution in [2.24, 2.45) is 7.05 Å². The van der Waals surface area contributed by atoms with E-state index in [1.54, 1.807) is 17.4 Å². The first-order chi connectivity index (χ1) is 11.7. The molecule has 1 N–H and O–H groups in total. The Bertz CT molecular complexity index is 846. The predicted molar refractivity (Wildman–Crippen MR) is 91.0 cm³/mol. The van der Waals surface area contributed by atoms with Crippen LogP contribution in [0.2, 0.25) is 0 Å². The summed E-state index contributed by atoms with van der Waals surface area (Å²) in [5.41, 5.74) is 1.33. The van der Waals surface area contributed by atoms with Gasteiger partial charge < -0.3 is 14.4 Å². The van der Waals surface area contributed by atoms with Gasteiger partial charge in [0.05, 0.1) is 10.6 Å². The largest absolute Gasteiger partial charge is 0.360 e. The van der Waals surface area contributed by atoms with Crippen LogP contribution in [0.5, 0.6) is 0 Å². The van der Waals surface area contributed by atoms with Gasteiger partial charge in [0.25, 0.3) is 5.91 Å². The molecule has 0 saturated heterocycles. The molecule has 3 aromatic heterocycles. The molecule has 1 aliphatic rings. The lowest BCUT2D eigenvalue weighted by atomic mass is 10.2. The van der Waals surface area contributed by atoms with Crippen LogP contribution >= 0.6 is 11.3 Å². The van der Waals surface area contributed by atoms with Gasteiger partial charge in [-0.2, -0.15) is 0 Å². The smallest absolute Gasteiger partial charge is 0.273 e. The first-order valence-corrected chi connectivity index (χ1v) is 8.89. The van der Waals surface area contributed by atoms with Crippen molar-refractivity contribution in [3.05, 3.63) is 47.1 Å². The van der Waals surface area contributed by atoms with Gasteiger partial charge in [0.15, 0.2) is 5.69 Å². The van der Waals surface area contributed by atoms with Crippen LogP contribution in [0.1, 0.15) is 40.8 Å². The predicted octanol–water partition coefficient (Wildman–Crippen LogP) is 2.99. The molecule has 3 heterocycles. The van der Waals surface area contributed by atoms with Gasteiger partial charge in [-0.05, 0) is 24.3 Å². The molecule has 124 valence electrons. The van der Waals surface area contributed by atoms with Gasteiger partial charge in [-0.1, -0.05) is 11.2 Å². The van der Waals surface area contributed by atoms with Crippen molar-refractivity contribution in [3.8, 4) is 10.6 Å². The quantitative estimate of drug-likeness (QED) is 0.747. The standard InChI is InChI=1S/C17H18N4O2S/c1-21-10-13(15-3-2-8-24-15)19-16(21)6-7-18-17(22)12-9-14(23-20-12)11-4-5-11/h2-3,8-11H,4-7H2,1H3,(H,18,22). The molecular formula is C17H18N4O2S. The fraction of sp³-hybridized carbons (Fsp3) is 0.353. The van der Waals surface area contributed by atoms with E-state index in [0.717, 1.165) is 35.0 Å². The Balaban J connectivity index is 1.34. The Morgan fingerprint density at radius 3 is 3.12 bits per heavy atom. The third kappa shape index (κ3) is 3.12. The number of carbonyl (C=O) groups is 1. The van der Waals surface area contributed by atoms with Crippen molar-refractivity contribution in [2.75, 3.05) is 6.54 Å². The number of rotatable bonds is 6. The molecule has 0 aliphatic heterocycles. The Morgan fingerprint density at radius 1 is 1.50 bits per heavy atom. The molecule has 1 fully saturated rings. The van der Waals surface area contributed by atoms with Crippen molar-refractivity contribution in [1.82, 2.24) is 20.0 Å². The number of hydrogen-bond acceptors (Lipinski definition) is 5. The number of imidazole rings is 1. The van der Waals surface area contributed by atoms with E-state index < -0.39 is 0 Å². The Kier molecular flexibility index (Phi) is 3.93.